The number of carbonyl (C=O) groups excluding carboxylic acids is 2. The molecule has 0 atom stereocenters. The Balaban J connectivity index is 1.34. The monoisotopic (exact) mass is 637 g/mol. The molecule has 49 heavy (non-hydrogen) atoms. The van der Waals surface area contributed by atoms with Gasteiger partial charge in [-0.2, -0.15) is 0 Å². The molecular formula is C44H35N3O2. The van der Waals surface area contributed by atoms with Crippen molar-refractivity contribution >= 4 is 51.6 Å². The molecule has 6 aromatic rings. The lowest BCUT2D eigenvalue weighted by Crippen LogP contribution is -2.33. The maximum atomic E-state index is 14.0. The van der Waals surface area contributed by atoms with Gasteiger partial charge in [0.1, 0.15) is 0 Å². The Kier molecular flexibility index (Phi) is 6.13. The number of hydrogen-bond acceptors (Lipinski definition) is 4. The molecule has 9 rings (SSSR count). The van der Waals surface area contributed by atoms with E-state index in [0.29, 0.717) is 16.8 Å². The van der Waals surface area contributed by atoms with Crippen molar-refractivity contribution in [3.05, 3.63) is 173 Å². The van der Waals surface area contributed by atoms with Gasteiger partial charge < -0.3 is 9.80 Å². The first-order chi connectivity index (χ1) is 23.7. The van der Waals surface area contributed by atoms with Gasteiger partial charge in [-0.1, -0.05) is 113 Å². The first-order valence-corrected chi connectivity index (χ1v) is 16.8. The van der Waals surface area contributed by atoms with Crippen LogP contribution in [0.25, 0.3) is 0 Å². The zero-order valence-corrected chi connectivity index (χ0v) is 27.9. The third-order valence-electron chi connectivity index (χ3n) is 10.7. The molecule has 0 saturated heterocycles. The van der Waals surface area contributed by atoms with Crippen molar-refractivity contribution in [2.24, 2.45) is 0 Å². The summed E-state index contributed by atoms with van der Waals surface area (Å²) in [5.41, 5.74) is 11.7. The van der Waals surface area contributed by atoms with Crippen LogP contribution in [0.5, 0.6) is 0 Å². The average molecular weight is 638 g/mol. The maximum absolute atomic E-state index is 14.0. The lowest BCUT2D eigenvalue weighted by atomic mass is 9.73. The Labute approximate surface area is 286 Å². The van der Waals surface area contributed by atoms with Gasteiger partial charge in [0.25, 0.3) is 11.8 Å². The molecule has 0 aromatic heterocycles. The van der Waals surface area contributed by atoms with Gasteiger partial charge in [-0.25, -0.2) is 4.90 Å². The number of amides is 2. The Hall–Kier alpha value is -5.94. The minimum atomic E-state index is -0.315. The van der Waals surface area contributed by atoms with Gasteiger partial charge in [-0.3, -0.25) is 9.59 Å². The average Bonchev–Trinajstić information content (AvgIpc) is 3.37. The van der Waals surface area contributed by atoms with Crippen LogP contribution in [0.15, 0.2) is 140 Å². The van der Waals surface area contributed by atoms with E-state index in [9.17, 15) is 9.59 Å². The fourth-order valence-corrected chi connectivity index (χ4v) is 8.29. The van der Waals surface area contributed by atoms with Gasteiger partial charge in [0.2, 0.25) is 0 Å². The second kappa shape index (κ2) is 10.3. The van der Waals surface area contributed by atoms with Crippen LogP contribution in [-0.4, -0.2) is 11.8 Å². The molecule has 0 saturated carbocycles. The van der Waals surface area contributed by atoms with Crippen LogP contribution in [0.1, 0.15) is 70.7 Å². The molecule has 0 fully saturated rings. The molecule has 238 valence electrons. The summed E-state index contributed by atoms with van der Waals surface area (Å²) in [6.45, 7) is 9.08. The van der Waals surface area contributed by atoms with Gasteiger partial charge in [-0.05, 0) is 76.9 Å². The van der Waals surface area contributed by atoms with Gasteiger partial charge in [0.05, 0.1) is 50.9 Å². The molecule has 0 bridgehead atoms. The number of hydrogen-bond donors (Lipinski definition) is 0. The molecular weight excluding hydrogens is 603 g/mol. The Morgan fingerprint density at radius 3 is 0.959 bits per heavy atom. The molecule has 6 aromatic carbocycles. The summed E-state index contributed by atoms with van der Waals surface area (Å²) in [7, 11) is 0. The number of benzene rings is 6. The minimum absolute atomic E-state index is 0.233. The number of anilines is 7. The minimum Gasteiger partial charge on any atom is -0.310 e. The van der Waals surface area contributed by atoms with E-state index in [1.165, 1.54) is 27.2 Å². The fourth-order valence-electron chi connectivity index (χ4n) is 8.29. The van der Waals surface area contributed by atoms with Crippen LogP contribution < -0.4 is 14.7 Å². The summed E-state index contributed by atoms with van der Waals surface area (Å²) in [4.78, 5) is 34.0. The van der Waals surface area contributed by atoms with E-state index >= 15 is 0 Å². The highest BCUT2D eigenvalue weighted by Crippen LogP contribution is 2.55. The second-order valence-corrected chi connectivity index (χ2v) is 14.2. The first-order valence-electron chi connectivity index (χ1n) is 16.8. The van der Waals surface area contributed by atoms with E-state index in [0.717, 1.165) is 34.1 Å². The summed E-state index contributed by atoms with van der Waals surface area (Å²) >= 11 is 0. The Morgan fingerprint density at radius 2 is 0.633 bits per heavy atom. The van der Waals surface area contributed by atoms with Crippen molar-refractivity contribution in [1.29, 1.82) is 0 Å². The summed E-state index contributed by atoms with van der Waals surface area (Å²) < 4.78 is 0. The highest BCUT2D eigenvalue weighted by atomic mass is 16.2. The van der Waals surface area contributed by atoms with Crippen LogP contribution in [0.3, 0.4) is 0 Å². The summed E-state index contributed by atoms with van der Waals surface area (Å²) in [5, 5.41) is 0. The molecule has 0 N–H and O–H groups in total. The zero-order valence-electron chi connectivity index (χ0n) is 27.9. The fraction of sp³-hybridized carbons (Fsp3) is 0.136. The normalized spacial score (nSPS) is 16.4. The lowest BCUT2D eigenvalue weighted by Gasteiger charge is -2.43. The summed E-state index contributed by atoms with van der Waals surface area (Å²) in [5.74, 6) is -0.630. The lowest BCUT2D eigenvalue weighted by molar-refractivity contribution is 0.0926. The van der Waals surface area contributed by atoms with E-state index in [1.807, 2.05) is 24.3 Å². The predicted octanol–water partition coefficient (Wildman–Crippen LogP) is 10.7. The molecule has 5 nitrogen and oxygen atoms in total. The van der Waals surface area contributed by atoms with E-state index in [-0.39, 0.29) is 22.6 Å². The van der Waals surface area contributed by atoms with Crippen molar-refractivity contribution in [2.45, 2.75) is 38.5 Å². The number of imide groups is 1. The van der Waals surface area contributed by atoms with E-state index < -0.39 is 0 Å². The number of nitrogens with zero attached hydrogens (tertiary/aromatic N) is 3. The highest BCUT2D eigenvalue weighted by molar-refractivity contribution is 6.34. The third-order valence-corrected chi connectivity index (χ3v) is 10.7. The van der Waals surface area contributed by atoms with Crippen LogP contribution in [0.4, 0.5) is 39.8 Å². The number of rotatable bonds is 3. The van der Waals surface area contributed by atoms with Crippen molar-refractivity contribution < 1.29 is 9.59 Å². The maximum Gasteiger partial charge on any atom is 0.266 e. The van der Waals surface area contributed by atoms with Gasteiger partial charge in [0, 0.05) is 10.8 Å². The number of para-hydroxylation sites is 4. The van der Waals surface area contributed by atoms with Crippen LogP contribution in [-0.2, 0) is 10.8 Å². The van der Waals surface area contributed by atoms with Crippen molar-refractivity contribution in [3.8, 4) is 0 Å². The SMILES string of the molecule is CC1(C)c2ccccc2N(c2cc(N3C(=O)c4ccccc4C3=O)cc(N3c4ccccc4C(C)(C)c4ccccc43)c2)c2ccccc21. The number of fused-ring (bicyclic) bond motifs is 5. The molecule has 0 spiro atoms. The highest BCUT2D eigenvalue weighted by Gasteiger charge is 2.41. The van der Waals surface area contributed by atoms with E-state index in [1.54, 1.807) is 12.1 Å². The predicted molar refractivity (Wildman–Crippen MR) is 198 cm³/mol. The van der Waals surface area contributed by atoms with Crippen LogP contribution >= 0.6 is 0 Å². The topological polar surface area (TPSA) is 43.9 Å². The van der Waals surface area contributed by atoms with Crippen molar-refractivity contribution in [3.63, 3.8) is 0 Å². The molecule has 5 heteroatoms. The van der Waals surface area contributed by atoms with Gasteiger partial charge >= 0.3 is 0 Å². The second-order valence-electron chi connectivity index (χ2n) is 14.2. The number of carbonyl (C=O) groups is 2. The molecule has 2 amide bonds. The van der Waals surface area contributed by atoms with Crippen LogP contribution in [0, 0.1) is 0 Å². The summed E-state index contributed by atoms with van der Waals surface area (Å²) in [6.07, 6.45) is 0. The quantitative estimate of drug-likeness (QED) is 0.181. The van der Waals surface area contributed by atoms with E-state index in [2.05, 4.69) is 141 Å². The smallest absolute Gasteiger partial charge is 0.266 e. The van der Waals surface area contributed by atoms with Gasteiger partial charge in [-0.15, -0.1) is 0 Å². The van der Waals surface area contributed by atoms with Gasteiger partial charge in [0.15, 0.2) is 0 Å². The standard InChI is InChI=1S/C44H35N3O2/c1-43(2)33-17-7-11-21-37(33)45(38-22-12-8-18-34(38)43)28-25-29(27-30(26-28)47-41(48)31-15-5-6-16-32(31)42(47)49)46-39-23-13-9-19-35(39)44(3,4)36-20-10-14-24-40(36)46/h5-27H,1-4H3. The van der Waals surface area contributed by atoms with Crippen molar-refractivity contribution in [1.82, 2.24) is 0 Å². The Morgan fingerprint density at radius 1 is 0.367 bits per heavy atom. The zero-order chi connectivity index (χ0) is 33.7. The molecule has 0 unspecified atom stereocenters. The largest absolute Gasteiger partial charge is 0.310 e. The molecule has 0 radical (unpaired) electrons. The third kappa shape index (κ3) is 4.05. The molecule has 0 aliphatic carbocycles. The van der Waals surface area contributed by atoms with Crippen molar-refractivity contribution in [2.75, 3.05) is 14.7 Å². The van der Waals surface area contributed by atoms with Crippen LogP contribution in [0.2, 0.25) is 0 Å². The van der Waals surface area contributed by atoms with E-state index in [4.69, 9.17) is 0 Å². The molecule has 3 heterocycles. The molecule has 3 aliphatic heterocycles. The Bertz CT molecular complexity index is 2110. The first kappa shape index (κ1) is 29.2. The molecule has 3 aliphatic rings. The summed E-state index contributed by atoms with van der Waals surface area (Å²) in [6, 6.07) is 47.4.